The highest BCUT2D eigenvalue weighted by atomic mass is 127. The molecule has 3 heteroatoms. The predicted molar refractivity (Wildman–Crippen MR) is 91.8 cm³/mol. The van der Waals surface area contributed by atoms with Crippen molar-refractivity contribution in [1.82, 2.24) is 0 Å². The van der Waals surface area contributed by atoms with Gasteiger partial charge in [-0.15, -0.1) is 0 Å². The van der Waals surface area contributed by atoms with Crippen molar-refractivity contribution >= 4 is 56.8 Å². The van der Waals surface area contributed by atoms with E-state index < -0.39 is 0 Å². The van der Waals surface area contributed by atoms with Crippen molar-refractivity contribution in [2.45, 2.75) is 0 Å². The van der Waals surface area contributed by atoms with Gasteiger partial charge in [-0.05, 0) is 86.7 Å². The number of nitrogens with zero attached hydrogens (tertiary/aromatic N) is 1. The monoisotopic (exact) mass is 457 g/mol. The molecule has 0 fully saturated rings. The molecular weight excluding hydrogens is 448 g/mol. The van der Waals surface area contributed by atoms with Crippen molar-refractivity contribution < 1.29 is 0 Å². The summed E-state index contributed by atoms with van der Waals surface area (Å²) >= 11 is 4.52. The number of allylic oxidation sites excluding steroid dienone is 1. The number of hydrogen-bond acceptors (Lipinski definition) is 1. The Labute approximate surface area is 134 Å². The molecule has 0 saturated heterocycles. The molecule has 2 aromatic carbocycles. The summed E-state index contributed by atoms with van der Waals surface area (Å²) in [6.07, 6.45) is 1.91. The fourth-order valence-electron chi connectivity index (χ4n) is 1.54. The third-order valence-electron chi connectivity index (χ3n) is 2.46. The van der Waals surface area contributed by atoms with Crippen LogP contribution in [-0.4, -0.2) is 0 Å². The van der Waals surface area contributed by atoms with E-state index in [0.717, 1.165) is 11.1 Å². The molecule has 0 spiro atoms. The van der Waals surface area contributed by atoms with E-state index in [9.17, 15) is 5.26 Å². The molecule has 2 rings (SSSR count). The van der Waals surface area contributed by atoms with E-state index in [4.69, 9.17) is 0 Å². The average Bonchev–Trinajstić information content (AvgIpc) is 2.39. The lowest BCUT2D eigenvalue weighted by Crippen LogP contribution is -1.83. The molecule has 0 N–H and O–H groups in total. The van der Waals surface area contributed by atoms with Gasteiger partial charge in [0.1, 0.15) is 0 Å². The van der Waals surface area contributed by atoms with Crippen LogP contribution in [0.25, 0.3) is 11.6 Å². The molecule has 0 aliphatic rings. The number of rotatable bonds is 2. The molecule has 0 aliphatic carbocycles. The van der Waals surface area contributed by atoms with Crippen molar-refractivity contribution in [1.29, 1.82) is 5.26 Å². The van der Waals surface area contributed by atoms with Crippen LogP contribution in [0.3, 0.4) is 0 Å². The lowest BCUT2D eigenvalue weighted by molar-refractivity contribution is 1.51. The maximum atomic E-state index is 9.24. The first kappa shape index (κ1) is 13.6. The molecule has 18 heavy (non-hydrogen) atoms. The molecule has 0 saturated carbocycles. The second kappa shape index (κ2) is 6.34. The highest BCUT2D eigenvalue weighted by Crippen LogP contribution is 2.19. The summed E-state index contributed by atoms with van der Waals surface area (Å²) in [6, 6.07) is 18.3. The predicted octanol–water partition coefficient (Wildman–Crippen LogP) is 4.96. The summed E-state index contributed by atoms with van der Waals surface area (Å²) in [5.74, 6) is 0. The van der Waals surface area contributed by atoms with E-state index in [0.29, 0.717) is 5.57 Å². The maximum absolute atomic E-state index is 9.24. The highest BCUT2D eigenvalue weighted by Gasteiger charge is 2.00. The van der Waals surface area contributed by atoms with E-state index in [-0.39, 0.29) is 0 Å². The summed E-state index contributed by atoms with van der Waals surface area (Å²) in [6.45, 7) is 0. The Kier molecular flexibility index (Phi) is 4.78. The molecule has 0 bridgehead atoms. The van der Waals surface area contributed by atoms with Crippen LogP contribution in [-0.2, 0) is 0 Å². The van der Waals surface area contributed by atoms with Gasteiger partial charge in [-0.1, -0.05) is 24.3 Å². The summed E-state index contributed by atoms with van der Waals surface area (Å²) in [5, 5.41) is 9.24. The quantitative estimate of drug-likeness (QED) is 0.356. The largest absolute Gasteiger partial charge is 0.192 e. The van der Waals surface area contributed by atoms with Crippen LogP contribution in [0.2, 0.25) is 0 Å². The van der Waals surface area contributed by atoms with Gasteiger partial charge in [-0.3, -0.25) is 0 Å². The molecule has 2 aromatic rings. The van der Waals surface area contributed by atoms with E-state index in [1.54, 1.807) is 0 Å². The van der Waals surface area contributed by atoms with Crippen molar-refractivity contribution in [2.24, 2.45) is 0 Å². The van der Waals surface area contributed by atoms with Gasteiger partial charge in [-0.2, -0.15) is 5.26 Å². The van der Waals surface area contributed by atoms with E-state index in [2.05, 4.69) is 51.3 Å². The second-order valence-corrected chi connectivity index (χ2v) is 6.22. The molecule has 0 aliphatic heterocycles. The standard InChI is InChI=1S/C15H9I2N/c16-14-5-1-11(2-6-14)9-13(10-18)12-3-7-15(17)8-4-12/h1-9H/b13-9-. The van der Waals surface area contributed by atoms with E-state index >= 15 is 0 Å². The van der Waals surface area contributed by atoms with Gasteiger partial charge in [0.25, 0.3) is 0 Å². The first-order valence-corrected chi connectivity index (χ1v) is 7.48. The third kappa shape index (κ3) is 3.56. The van der Waals surface area contributed by atoms with Crippen molar-refractivity contribution in [3.63, 3.8) is 0 Å². The zero-order chi connectivity index (χ0) is 13.0. The summed E-state index contributed by atoms with van der Waals surface area (Å²) in [4.78, 5) is 0. The average molecular weight is 457 g/mol. The Morgan fingerprint density at radius 2 is 1.39 bits per heavy atom. The number of nitriles is 1. The second-order valence-electron chi connectivity index (χ2n) is 3.73. The Morgan fingerprint density at radius 3 is 1.89 bits per heavy atom. The van der Waals surface area contributed by atoms with Crippen LogP contribution in [0.5, 0.6) is 0 Å². The normalized spacial score (nSPS) is 11.1. The van der Waals surface area contributed by atoms with E-state index in [1.807, 2.05) is 54.6 Å². The molecule has 0 aromatic heterocycles. The smallest absolute Gasteiger partial charge is 0.0998 e. The zero-order valence-electron chi connectivity index (χ0n) is 9.40. The molecule has 0 radical (unpaired) electrons. The minimum Gasteiger partial charge on any atom is -0.192 e. The Morgan fingerprint density at radius 1 is 0.889 bits per heavy atom. The van der Waals surface area contributed by atoms with Gasteiger partial charge in [0.2, 0.25) is 0 Å². The minimum atomic E-state index is 0.688. The third-order valence-corrected chi connectivity index (χ3v) is 3.90. The Bertz CT molecular complexity index is 604. The molecule has 0 unspecified atom stereocenters. The van der Waals surface area contributed by atoms with Crippen molar-refractivity contribution in [3.8, 4) is 6.07 Å². The zero-order valence-corrected chi connectivity index (χ0v) is 13.7. The Balaban J connectivity index is 2.37. The fraction of sp³-hybridized carbons (Fsp3) is 0. The minimum absolute atomic E-state index is 0.688. The van der Waals surface area contributed by atoms with Gasteiger partial charge in [0.15, 0.2) is 0 Å². The van der Waals surface area contributed by atoms with Crippen LogP contribution in [0.15, 0.2) is 48.5 Å². The van der Waals surface area contributed by atoms with Crippen LogP contribution >= 0.6 is 45.2 Å². The van der Waals surface area contributed by atoms with Gasteiger partial charge in [-0.25, -0.2) is 0 Å². The number of hydrogen-bond donors (Lipinski definition) is 0. The maximum Gasteiger partial charge on any atom is 0.0998 e. The van der Waals surface area contributed by atoms with Crippen LogP contribution in [0, 0.1) is 18.5 Å². The summed E-state index contributed by atoms with van der Waals surface area (Å²) < 4.78 is 2.36. The summed E-state index contributed by atoms with van der Waals surface area (Å²) in [5.41, 5.74) is 2.69. The number of halogens is 2. The molecule has 0 heterocycles. The molecule has 1 nitrogen and oxygen atoms in total. The molecular formula is C15H9I2N. The van der Waals surface area contributed by atoms with Crippen LogP contribution in [0.1, 0.15) is 11.1 Å². The fourth-order valence-corrected chi connectivity index (χ4v) is 2.25. The highest BCUT2D eigenvalue weighted by molar-refractivity contribution is 14.1. The SMILES string of the molecule is N#C/C(=C/c1ccc(I)cc1)c1ccc(I)cc1. The van der Waals surface area contributed by atoms with Crippen molar-refractivity contribution in [2.75, 3.05) is 0 Å². The summed E-state index contributed by atoms with van der Waals surface area (Å²) in [7, 11) is 0. The molecule has 0 amide bonds. The first-order chi connectivity index (χ1) is 8.69. The lowest BCUT2D eigenvalue weighted by atomic mass is 10.0. The van der Waals surface area contributed by atoms with Gasteiger partial charge >= 0.3 is 0 Å². The van der Waals surface area contributed by atoms with Gasteiger partial charge < -0.3 is 0 Å². The van der Waals surface area contributed by atoms with Crippen LogP contribution < -0.4 is 0 Å². The lowest BCUT2D eigenvalue weighted by Gasteiger charge is -2.00. The van der Waals surface area contributed by atoms with E-state index in [1.165, 1.54) is 7.14 Å². The molecule has 88 valence electrons. The van der Waals surface area contributed by atoms with Gasteiger partial charge in [0, 0.05) is 7.14 Å². The van der Waals surface area contributed by atoms with Crippen LogP contribution in [0.4, 0.5) is 0 Å². The molecule has 0 atom stereocenters. The van der Waals surface area contributed by atoms with Crippen molar-refractivity contribution in [3.05, 3.63) is 66.8 Å². The first-order valence-electron chi connectivity index (χ1n) is 5.32. The Hall–Kier alpha value is -0.870. The van der Waals surface area contributed by atoms with Gasteiger partial charge in [0.05, 0.1) is 11.6 Å². The topological polar surface area (TPSA) is 23.8 Å². The number of benzene rings is 2.